The van der Waals surface area contributed by atoms with Crippen molar-refractivity contribution in [3.05, 3.63) is 39.6 Å². The van der Waals surface area contributed by atoms with E-state index < -0.39 is 0 Å². The van der Waals surface area contributed by atoms with Gasteiger partial charge in [0.1, 0.15) is 0 Å². The largest absolute Gasteiger partial charge is 0.375 e. The number of rotatable bonds is 2. The van der Waals surface area contributed by atoms with Gasteiger partial charge in [0, 0.05) is 21.5 Å². The predicted octanol–water partition coefficient (Wildman–Crippen LogP) is 3.64. The Morgan fingerprint density at radius 3 is 2.94 bits per heavy atom. The topological polar surface area (TPSA) is 87.7 Å². The van der Waals surface area contributed by atoms with Crippen LogP contribution in [0.2, 0.25) is 0 Å². The molecule has 2 N–H and O–H groups in total. The first kappa shape index (κ1) is 10.5. The number of nitrogen functional groups attached to an aromatic ring is 1. The van der Waals surface area contributed by atoms with Gasteiger partial charge in [0.15, 0.2) is 5.13 Å². The molecule has 80 valence electrons. The van der Waals surface area contributed by atoms with Crippen molar-refractivity contribution in [2.75, 3.05) is 5.73 Å². The smallest absolute Gasteiger partial charge is 0.180 e. The summed E-state index contributed by atoms with van der Waals surface area (Å²) in [4.78, 5) is 6.96. The predicted molar refractivity (Wildman–Crippen MR) is 65.5 cm³/mol. The van der Waals surface area contributed by atoms with Gasteiger partial charge in [-0.3, -0.25) is 0 Å². The lowest BCUT2D eigenvalue weighted by Gasteiger charge is -2.03. The first-order valence-corrected chi connectivity index (χ1v) is 5.46. The summed E-state index contributed by atoms with van der Waals surface area (Å²) in [5.74, 6) is 0. The lowest BCUT2D eigenvalue weighted by atomic mass is 10.1. The Morgan fingerprint density at radius 1 is 1.50 bits per heavy atom. The van der Waals surface area contributed by atoms with Crippen molar-refractivity contribution in [3.8, 4) is 11.3 Å². The van der Waals surface area contributed by atoms with Crippen molar-refractivity contribution in [1.82, 2.24) is 4.98 Å². The quantitative estimate of drug-likeness (QED) is 0.485. The Bertz CT molecular complexity index is 568. The maximum absolute atomic E-state index is 8.38. The molecule has 0 aliphatic heterocycles. The molecule has 6 heteroatoms. The molecule has 16 heavy (non-hydrogen) atoms. The molecule has 0 bridgehead atoms. The first-order chi connectivity index (χ1) is 7.70. The zero-order chi connectivity index (χ0) is 11.5. The van der Waals surface area contributed by atoms with Crippen molar-refractivity contribution < 1.29 is 0 Å². The minimum absolute atomic E-state index is 0.531. The molecule has 2 rings (SSSR count). The van der Waals surface area contributed by atoms with E-state index >= 15 is 0 Å². The van der Waals surface area contributed by atoms with E-state index in [1.165, 1.54) is 11.3 Å². The Morgan fingerprint density at radius 2 is 2.31 bits per heavy atom. The highest BCUT2D eigenvalue weighted by atomic mass is 32.1. The molecule has 0 amide bonds. The summed E-state index contributed by atoms with van der Waals surface area (Å²) in [6.07, 6.45) is 0. The number of hydrogen-bond acceptors (Lipinski definition) is 4. The monoisotopic (exact) mass is 231 g/mol. The molecule has 2 aromatic rings. The van der Waals surface area contributed by atoms with Gasteiger partial charge in [-0.15, -0.1) is 11.3 Å². The molecule has 0 saturated carbocycles. The second-order valence-electron chi connectivity index (χ2n) is 3.26. The van der Waals surface area contributed by atoms with Crippen LogP contribution in [0, 0.1) is 6.92 Å². The summed E-state index contributed by atoms with van der Waals surface area (Å²) >= 11 is 1.39. The van der Waals surface area contributed by atoms with E-state index in [0.29, 0.717) is 10.8 Å². The van der Waals surface area contributed by atoms with Gasteiger partial charge in [0.2, 0.25) is 0 Å². The van der Waals surface area contributed by atoms with E-state index in [-0.39, 0.29) is 0 Å². The van der Waals surface area contributed by atoms with Crippen LogP contribution in [0.4, 0.5) is 10.8 Å². The highest BCUT2D eigenvalue weighted by molar-refractivity contribution is 7.13. The van der Waals surface area contributed by atoms with Gasteiger partial charge in [0.05, 0.1) is 5.69 Å². The van der Waals surface area contributed by atoms with Crippen molar-refractivity contribution in [3.63, 3.8) is 0 Å². The van der Waals surface area contributed by atoms with Crippen LogP contribution in [0.1, 0.15) is 5.56 Å². The third-order valence-electron chi connectivity index (χ3n) is 2.18. The van der Waals surface area contributed by atoms with E-state index in [9.17, 15) is 0 Å². The van der Waals surface area contributed by atoms with Gasteiger partial charge in [-0.05, 0) is 24.1 Å². The van der Waals surface area contributed by atoms with Crippen LogP contribution in [0.5, 0.6) is 0 Å². The lowest BCUT2D eigenvalue weighted by molar-refractivity contribution is 1.36. The van der Waals surface area contributed by atoms with Crippen molar-refractivity contribution >= 4 is 22.2 Å². The van der Waals surface area contributed by atoms with E-state index in [0.717, 1.165) is 16.8 Å². The van der Waals surface area contributed by atoms with Crippen LogP contribution < -0.4 is 5.73 Å². The zero-order valence-corrected chi connectivity index (χ0v) is 9.40. The summed E-state index contributed by atoms with van der Waals surface area (Å²) in [7, 11) is 0. The summed E-state index contributed by atoms with van der Waals surface area (Å²) in [5, 5.41) is 5.98. The van der Waals surface area contributed by atoms with Gasteiger partial charge < -0.3 is 5.73 Å². The normalized spacial score (nSPS) is 9.81. The number of aryl methyl sites for hydroxylation is 1. The fraction of sp³-hybridized carbons (Fsp3) is 0.100. The number of nitrogens with two attached hydrogens (primary N) is 1. The van der Waals surface area contributed by atoms with E-state index in [4.69, 9.17) is 11.3 Å². The summed E-state index contributed by atoms with van der Waals surface area (Å²) in [6.45, 7) is 1.98. The Hall–Kier alpha value is -2.04. The molecule has 1 heterocycles. The van der Waals surface area contributed by atoms with E-state index in [1.807, 2.05) is 24.4 Å². The molecule has 0 spiro atoms. The second kappa shape index (κ2) is 4.22. The fourth-order valence-electron chi connectivity index (χ4n) is 1.41. The molecule has 0 fully saturated rings. The summed E-state index contributed by atoms with van der Waals surface area (Å²) in [5.41, 5.74) is 17.4. The van der Waals surface area contributed by atoms with Crippen LogP contribution in [0.15, 0.2) is 28.7 Å². The van der Waals surface area contributed by atoms with Crippen molar-refractivity contribution in [2.45, 2.75) is 6.92 Å². The molecule has 1 aromatic heterocycles. The number of nitrogens with zero attached hydrogens (tertiary/aromatic N) is 4. The number of thiazole rings is 1. The number of azide groups is 1. The molecule has 0 saturated heterocycles. The van der Waals surface area contributed by atoms with Crippen LogP contribution in [-0.2, 0) is 0 Å². The molecule has 0 aliphatic rings. The molecular weight excluding hydrogens is 222 g/mol. The average Bonchev–Trinajstić information content (AvgIpc) is 2.68. The van der Waals surface area contributed by atoms with Gasteiger partial charge in [-0.25, -0.2) is 4.98 Å². The first-order valence-electron chi connectivity index (χ1n) is 4.58. The van der Waals surface area contributed by atoms with Gasteiger partial charge >= 0.3 is 0 Å². The third-order valence-corrected chi connectivity index (χ3v) is 2.85. The molecule has 0 unspecified atom stereocenters. The molecule has 1 aromatic carbocycles. The maximum atomic E-state index is 8.38. The van der Waals surface area contributed by atoms with Gasteiger partial charge in [-0.1, -0.05) is 17.2 Å². The minimum Gasteiger partial charge on any atom is -0.375 e. The van der Waals surface area contributed by atoms with Gasteiger partial charge in [-0.2, -0.15) is 0 Å². The summed E-state index contributed by atoms with van der Waals surface area (Å²) < 4.78 is 0. The molecular formula is C10H9N5S. The van der Waals surface area contributed by atoms with Crippen LogP contribution in [-0.4, -0.2) is 4.98 Å². The van der Waals surface area contributed by atoms with Crippen molar-refractivity contribution in [1.29, 1.82) is 0 Å². The molecule has 0 radical (unpaired) electrons. The van der Waals surface area contributed by atoms with Gasteiger partial charge in [0.25, 0.3) is 0 Å². The number of hydrogen-bond donors (Lipinski definition) is 1. The highest BCUT2D eigenvalue weighted by Crippen LogP contribution is 2.29. The number of benzene rings is 1. The van der Waals surface area contributed by atoms with Crippen LogP contribution in [0.25, 0.3) is 21.7 Å². The summed E-state index contributed by atoms with van der Waals surface area (Å²) in [6, 6.07) is 5.48. The second-order valence-corrected chi connectivity index (χ2v) is 4.15. The standard InChI is InChI=1S/C10H9N5S/c1-6-2-3-7(14-15-12)4-8(6)9-5-16-10(11)13-9/h2-5H,1H3,(H2,11,13). The Balaban J connectivity index is 2.54. The number of aromatic nitrogens is 1. The van der Waals surface area contributed by atoms with E-state index in [1.54, 1.807) is 6.07 Å². The number of anilines is 1. The van der Waals surface area contributed by atoms with E-state index in [2.05, 4.69) is 15.0 Å². The molecule has 0 atom stereocenters. The highest BCUT2D eigenvalue weighted by Gasteiger charge is 2.06. The molecule has 0 aliphatic carbocycles. The Kier molecular flexibility index (Phi) is 2.76. The average molecular weight is 231 g/mol. The fourth-order valence-corrected chi connectivity index (χ4v) is 1.97. The SMILES string of the molecule is Cc1ccc(N=[N+]=[N-])cc1-c1csc(N)n1. The van der Waals surface area contributed by atoms with Crippen LogP contribution in [0.3, 0.4) is 0 Å². The molecule has 5 nitrogen and oxygen atoms in total. The van der Waals surface area contributed by atoms with Crippen molar-refractivity contribution in [2.24, 2.45) is 5.11 Å². The third kappa shape index (κ3) is 1.98. The Labute approximate surface area is 96.2 Å². The van der Waals surface area contributed by atoms with Crippen LogP contribution >= 0.6 is 11.3 Å². The maximum Gasteiger partial charge on any atom is 0.180 e. The lowest BCUT2D eigenvalue weighted by Crippen LogP contribution is -1.85. The minimum atomic E-state index is 0.531. The zero-order valence-electron chi connectivity index (χ0n) is 8.58.